The summed E-state index contributed by atoms with van der Waals surface area (Å²) in [5.41, 5.74) is 0.127. The van der Waals surface area contributed by atoms with Crippen molar-refractivity contribution in [3.63, 3.8) is 0 Å². The zero-order valence-corrected chi connectivity index (χ0v) is 9.37. The van der Waals surface area contributed by atoms with E-state index >= 15 is 0 Å². The molecule has 1 aromatic carbocycles. The molecular weight excluding hydrogens is 229 g/mol. The van der Waals surface area contributed by atoms with Crippen LogP contribution >= 0.6 is 0 Å². The van der Waals surface area contributed by atoms with Crippen molar-refractivity contribution in [1.82, 2.24) is 0 Å². The minimum absolute atomic E-state index is 0.305. The van der Waals surface area contributed by atoms with E-state index in [1.54, 1.807) is 0 Å². The number of aliphatic hydroxyl groups excluding tert-OH is 1. The fourth-order valence-electron chi connectivity index (χ4n) is 1.48. The molecule has 17 heavy (non-hydrogen) atoms. The molecule has 4 heteroatoms. The van der Waals surface area contributed by atoms with Crippen LogP contribution in [0.5, 0.6) is 0 Å². The third-order valence-electron chi connectivity index (χ3n) is 2.49. The Morgan fingerprint density at radius 2 is 1.82 bits per heavy atom. The van der Waals surface area contributed by atoms with Gasteiger partial charge in [-0.1, -0.05) is 36.9 Å². The van der Waals surface area contributed by atoms with Crippen LogP contribution in [0, 0.1) is 0 Å². The highest BCUT2D eigenvalue weighted by atomic mass is 19.4. The monoisotopic (exact) mass is 244 g/mol. The molecule has 0 radical (unpaired) electrons. The van der Waals surface area contributed by atoms with Gasteiger partial charge in [0.25, 0.3) is 0 Å². The summed E-state index contributed by atoms with van der Waals surface area (Å²) in [7, 11) is 0. The summed E-state index contributed by atoms with van der Waals surface area (Å²) in [5, 5.41) is 9.48. The second kappa shape index (κ2) is 5.87. The first-order valence-electron chi connectivity index (χ1n) is 5.36. The molecular formula is C13H15F3O. The van der Waals surface area contributed by atoms with E-state index in [1.807, 2.05) is 30.3 Å². The van der Waals surface area contributed by atoms with E-state index in [2.05, 4.69) is 6.58 Å². The van der Waals surface area contributed by atoms with Gasteiger partial charge in [-0.2, -0.15) is 13.2 Å². The summed E-state index contributed by atoms with van der Waals surface area (Å²) >= 11 is 0. The maximum absolute atomic E-state index is 12.2. The van der Waals surface area contributed by atoms with Crippen molar-refractivity contribution in [2.75, 3.05) is 0 Å². The largest absolute Gasteiger partial charge is 0.412 e. The lowest BCUT2D eigenvalue weighted by molar-refractivity contribution is -0.0967. The Kier molecular flexibility index (Phi) is 4.75. The van der Waals surface area contributed by atoms with Crippen molar-refractivity contribution in [3.8, 4) is 0 Å². The molecule has 0 spiro atoms. The molecule has 1 rings (SSSR count). The number of benzene rings is 1. The molecule has 0 amide bonds. The Hall–Kier alpha value is -1.29. The van der Waals surface area contributed by atoms with Crippen molar-refractivity contribution < 1.29 is 18.3 Å². The summed E-state index contributed by atoms with van der Waals surface area (Å²) in [5.74, 6) is 0. The van der Waals surface area contributed by atoms with Gasteiger partial charge in [0.05, 0.1) is 6.10 Å². The highest BCUT2D eigenvalue weighted by Crippen LogP contribution is 2.28. The van der Waals surface area contributed by atoms with E-state index < -0.39 is 24.3 Å². The predicted octanol–water partition coefficient (Wildman–Crippen LogP) is 3.49. The molecule has 1 aromatic rings. The van der Waals surface area contributed by atoms with Crippen LogP contribution in [0.25, 0.3) is 0 Å². The minimum Gasteiger partial charge on any atom is -0.393 e. The molecule has 0 aromatic heterocycles. The molecule has 0 aliphatic rings. The molecule has 1 nitrogen and oxygen atoms in total. The van der Waals surface area contributed by atoms with Gasteiger partial charge in [0, 0.05) is 12.0 Å². The Morgan fingerprint density at radius 3 is 2.35 bits per heavy atom. The quantitative estimate of drug-likeness (QED) is 0.786. The normalized spacial score (nSPS) is 13.4. The van der Waals surface area contributed by atoms with Gasteiger partial charge in [-0.3, -0.25) is 0 Å². The van der Waals surface area contributed by atoms with E-state index in [0.717, 1.165) is 5.56 Å². The molecule has 0 heterocycles. The molecule has 94 valence electrons. The van der Waals surface area contributed by atoms with Crippen molar-refractivity contribution in [1.29, 1.82) is 0 Å². The number of rotatable bonds is 5. The van der Waals surface area contributed by atoms with Gasteiger partial charge in [0.2, 0.25) is 0 Å². The van der Waals surface area contributed by atoms with Crippen molar-refractivity contribution in [2.24, 2.45) is 0 Å². The number of aliphatic hydroxyl groups is 1. The maximum atomic E-state index is 12.2. The lowest BCUT2D eigenvalue weighted by Gasteiger charge is -2.14. The first-order valence-corrected chi connectivity index (χ1v) is 5.36. The third-order valence-corrected chi connectivity index (χ3v) is 2.49. The fraction of sp³-hybridized carbons (Fsp3) is 0.385. The van der Waals surface area contributed by atoms with Gasteiger partial charge >= 0.3 is 6.18 Å². The molecule has 0 fully saturated rings. The van der Waals surface area contributed by atoms with Crippen LogP contribution in [-0.2, 0) is 6.42 Å². The molecule has 0 aliphatic heterocycles. The van der Waals surface area contributed by atoms with Crippen LogP contribution in [-0.4, -0.2) is 17.4 Å². The van der Waals surface area contributed by atoms with Gasteiger partial charge in [-0.15, -0.1) is 0 Å². The zero-order valence-electron chi connectivity index (χ0n) is 9.37. The average Bonchev–Trinajstić information content (AvgIpc) is 2.26. The number of hydrogen-bond donors (Lipinski definition) is 1. The number of halogens is 3. The van der Waals surface area contributed by atoms with E-state index in [0.29, 0.717) is 12.8 Å². The van der Waals surface area contributed by atoms with Crippen molar-refractivity contribution in [3.05, 3.63) is 48.0 Å². The zero-order chi connectivity index (χ0) is 12.9. The van der Waals surface area contributed by atoms with E-state index in [9.17, 15) is 18.3 Å². The molecule has 0 aliphatic carbocycles. The highest BCUT2D eigenvalue weighted by Gasteiger charge is 2.32. The average molecular weight is 244 g/mol. The standard InChI is InChI=1S/C13H15F3O/c1-10(13(14,15)16)9-12(17)8-7-11-5-3-2-4-6-11/h2-6,12,17H,1,7-9H2. The van der Waals surface area contributed by atoms with Crippen LogP contribution < -0.4 is 0 Å². The Labute approximate surface area is 98.6 Å². The first kappa shape index (κ1) is 13.8. The molecule has 1 N–H and O–H groups in total. The van der Waals surface area contributed by atoms with Gasteiger partial charge < -0.3 is 5.11 Å². The number of hydrogen-bond acceptors (Lipinski definition) is 1. The van der Waals surface area contributed by atoms with Crippen molar-refractivity contribution in [2.45, 2.75) is 31.5 Å². The van der Waals surface area contributed by atoms with Crippen LogP contribution in [0.1, 0.15) is 18.4 Å². The predicted molar refractivity (Wildman–Crippen MR) is 60.6 cm³/mol. The second-order valence-electron chi connectivity index (χ2n) is 3.98. The first-order chi connectivity index (χ1) is 7.89. The van der Waals surface area contributed by atoms with Crippen LogP contribution in [0.4, 0.5) is 13.2 Å². The lowest BCUT2D eigenvalue weighted by Crippen LogP contribution is -2.17. The summed E-state index contributed by atoms with van der Waals surface area (Å²) in [6.07, 6.45) is -4.96. The maximum Gasteiger partial charge on any atom is 0.412 e. The fourth-order valence-corrected chi connectivity index (χ4v) is 1.48. The highest BCUT2D eigenvalue weighted by molar-refractivity contribution is 5.15. The molecule has 0 saturated heterocycles. The van der Waals surface area contributed by atoms with E-state index in [-0.39, 0.29) is 0 Å². The Morgan fingerprint density at radius 1 is 1.24 bits per heavy atom. The molecule has 0 saturated carbocycles. The van der Waals surface area contributed by atoms with Gasteiger partial charge in [-0.05, 0) is 18.4 Å². The molecule has 1 atom stereocenters. The van der Waals surface area contributed by atoms with Crippen molar-refractivity contribution >= 4 is 0 Å². The summed E-state index contributed by atoms with van der Waals surface area (Å²) in [6.45, 7) is 2.94. The summed E-state index contributed by atoms with van der Waals surface area (Å²) in [4.78, 5) is 0. The van der Waals surface area contributed by atoms with Gasteiger partial charge in [0.1, 0.15) is 0 Å². The smallest absolute Gasteiger partial charge is 0.393 e. The Balaban J connectivity index is 2.36. The van der Waals surface area contributed by atoms with Gasteiger partial charge in [0.15, 0.2) is 0 Å². The van der Waals surface area contributed by atoms with E-state index in [1.165, 1.54) is 0 Å². The topological polar surface area (TPSA) is 20.2 Å². The van der Waals surface area contributed by atoms with Gasteiger partial charge in [-0.25, -0.2) is 0 Å². The third kappa shape index (κ3) is 5.04. The molecule has 1 unspecified atom stereocenters. The SMILES string of the molecule is C=C(CC(O)CCc1ccccc1)C(F)(F)F. The van der Waals surface area contributed by atoms with Crippen LogP contribution in [0.2, 0.25) is 0 Å². The second-order valence-corrected chi connectivity index (χ2v) is 3.98. The van der Waals surface area contributed by atoms with Crippen LogP contribution in [0.15, 0.2) is 42.5 Å². The summed E-state index contributed by atoms with van der Waals surface area (Å²) < 4.78 is 36.5. The molecule has 0 bridgehead atoms. The number of alkyl halides is 3. The van der Waals surface area contributed by atoms with Crippen LogP contribution in [0.3, 0.4) is 0 Å². The Bertz CT molecular complexity index is 357. The minimum atomic E-state index is -4.41. The lowest BCUT2D eigenvalue weighted by atomic mass is 10.0. The summed E-state index contributed by atoms with van der Waals surface area (Å²) in [6, 6.07) is 9.34. The number of aryl methyl sites for hydroxylation is 1. The van der Waals surface area contributed by atoms with E-state index in [4.69, 9.17) is 0 Å².